The van der Waals surface area contributed by atoms with Crippen LogP contribution in [0.3, 0.4) is 0 Å². The number of carbonyl (C=O) groups excluding carboxylic acids is 2. The molecule has 3 aromatic rings. The second-order valence-corrected chi connectivity index (χ2v) is 8.87. The Bertz CT molecular complexity index is 1250. The molecule has 156 valence electrons. The van der Waals surface area contributed by atoms with Gasteiger partial charge in [0, 0.05) is 26.0 Å². The number of amides is 1. The minimum Gasteiger partial charge on any atom is -0.507 e. The molecule has 1 saturated heterocycles. The van der Waals surface area contributed by atoms with E-state index in [4.69, 9.17) is 0 Å². The Kier molecular flexibility index (Phi) is 5.51. The lowest BCUT2D eigenvalue weighted by atomic mass is 9.99. The molecule has 8 heteroatoms. The molecule has 0 aliphatic carbocycles. The number of rotatable bonds is 4. The van der Waals surface area contributed by atoms with Gasteiger partial charge >= 0.3 is 5.97 Å². The van der Waals surface area contributed by atoms with E-state index in [0.717, 1.165) is 4.47 Å². The Morgan fingerprint density at radius 2 is 1.77 bits per heavy atom. The summed E-state index contributed by atoms with van der Waals surface area (Å²) in [4.78, 5) is 39.7. The van der Waals surface area contributed by atoms with Gasteiger partial charge in [0.15, 0.2) is 0 Å². The number of ketones is 1. The van der Waals surface area contributed by atoms with E-state index in [0.29, 0.717) is 16.0 Å². The first kappa shape index (κ1) is 21.0. The lowest BCUT2D eigenvalue weighted by Crippen LogP contribution is -2.29. The summed E-state index contributed by atoms with van der Waals surface area (Å²) >= 11 is 4.72. The highest BCUT2D eigenvalue weighted by Gasteiger charge is 2.47. The Morgan fingerprint density at radius 1 is 1.06 bits per heavy atom. The summed E-state index contributed by atoms with van der Waals surface area (Å²) in [5, 5.41) is 22.3. The van der Waals surface area contributed by atoms with Crippen molar-refractivity contribution in [1.82, 2.24) is 0 Å². The number of carboxylic acids is 1. The van der Waals surface area contributed by atoms with E-state index in [9.17, 15) is 24.6 Å². The third kappa shape index (κ3) is 3.68. The molecule has 1 atom stereocenters. The van der Waals surface area contributed by atoms with Gasteiger partial charge in [0.2, 0.25) is 0 Å². The lowest BCUT2D eigenvalue weighted by molar-refractivity contribution is -0.132. The van der Waals surface area contributed by atoms with Crippen molar-refractivity contribution < 1.29 is 24.6 Å². The number of benzene rings is 2. The lowest BCUT2D eigenvalue weighted by Gasteiger charge is -2.24. The fourth-order valence-corrected chi connectivity index (χ4v) is 5.12. The molecule has 4 rings (SSSR count). The van der Waals surface area contributed by atoms with Gasteiger partial charge in [-0.3, -0.25) is 14.5 Å². The molecule has 0 spiro atoms. The highest BCUT2D eigenvalue weighted by Crippen LogP contribution is 2.44. The van der Waals surface area contributed by atoms with Crippen molar-refractivity contribution in [2.24, 2.45) is 0 Å². The molecule has 1 fully saturated rings. The van der Waals surface area contributed by atoms with Gasteiger partial charge in [0.25, 0.3) is 11.7 Å². The van der Waals surface area contributed by atoms with Crippen molar-refractivity contribution in [2.75, 3.05) is 4.90 Å². The van der Waals surface area contributed by atoms with Crippen LogP contribution in [-0.2, 0) is 9.59 Å². The molecular formula is C23H16BrNO5S. The molecule has 0 unspecified atom stereocenters. The molecule has 1 amide bonds. The molecule has 2 N–H and O–H groups in total. The van der Waals surface area contributed by atoms with Gasteiger partial charge in [-0.25, -0.2) is 4.79 Å². The Balaban J connectivity index is 1.95. The van der Waals surface area contributed by atoms with Gasteiger partial charge in [-0.15, -0.1) is 11.3 Å². The van der Waals surface area contributed by atoms with Gasteiger partial charge in [-0.2, -0.15) is 0 Å². The number of aliphatic hydroxyl groups excluding tert-OH is 1. The maximum atomic E-state index is 13.1. The third-order valence-corrected chi connectivity index (χ3v) is 6.82. The number of aromatic carboxylic acids is 1. The van der Waals surface area contributed by atoms with Crippen LogP contribution < -0.4 is 4.90 Å². The van der Waals surface area contributed by atoms with Crippen LogP contribution in [0, 0.1) is 6.92 Å². The number of halogens is 1. The summed E-state index contributed by atoms with van der Waals surface area (Å²) in [5.41, 5.74) is 1.21. The molecule has 2 heterocycles. The maximum Gasteiger partial charge on any atom is 0.336 e. The van der Waals surface area contributed by atoms with Crippen LogP contribution in [0.25, 0.3) is 5.76 Å². The summed E-state index contributed by atoms with van der Waals surface area (Å²) in [6.07, 6.45) is 0. The quantitative estimate of drug-likeness (QED) is 0.295. The smallest absolute Gasteiger partial charge is 0.336 e. The SMILES string of the molecule is Cc1ccc(N2C(=O)C(=O)/C(=C(/O)c3ccccc3)[C@@H]2c2cc(Br)cs2)cc1C(=O)O. The van der Waals surface area contributed by atoms with Crippen LogP contribution in [0.15, 0.2) is 70.0 Å². The molecule has 6 nitrogen and oxygen atoms in total. The second kappa shape index (κ2) is 8.13. The first-order chi connectivity index (χ1) is 14.8. The van der Waals surface area contributed by atoms with E-state index in [-0.39, 0.29) is 22.6 Å². The number of nitrogens with zero attached hydrogens (tertiary/aromatic N) is 1. The number of thiophene rings is 1. The normalized spacial score (nSPS) is 17.9. The monoisotopic (exact) mass is 497 g/mol. The van der Waals surface area contributed by atoms with Gasteiger partial charge in [-0.05, 0) is 46.6 Å². The molecule has 1 aliphatic heterocycles. The van der Waals surface area contributed by atoms with Crippen molar-refractivity contribution >= 4 is 56.4 Å². The molecule has 31 heavy (non-hydrogen) atoms. The number of aliphatic hydroxyl groups is 1. The molecule has 0 radical (unpaired) electrons. The largest absolute Gasteiger partial charge is 0.507 e. The molecular weight excluding hydrogens is 482 g/mol. The predicted octanol–water partition coefficient (Wildman–Crippen LogP) is 5.14. The molecule has 0 saturated carbocycles. The number of anilines is 1. The average Bonchev–Trinajstić information content (AvgIpc) is 3.29. The summed E-state index contributed by atoms with van der Waals surface area (Å²) in [6.45, 7) is 1.66. The van der Waals surface area contributed by atoms with E-state index in [1.165, 1.54) is 22.3 Å². The fraction of sp³-hybridized carbons (Fsp3) is 0.0870. The van der Waals surface area contributed by atoms with Crippen LogP contribution in [0.1, 0.15) is 32.4 Å². The summed E-state index contributed by atoms with van der Waals surface area (Å²) in [5.74, 6) is -3.06. The second-order valence-electron chi connectivity index (χ2n) is 7.01. The van der Waals surface area contributed by atoms with Crippen LogP contribution >= 0.6 is 27.3 Å². The zero-order chi connectivity index (χ0) is 22.3. The molecule has 0 bridgehead atoms. The number of Topliss-reactive ketones (excluding diaryl/α,β-unsaturated/α-hetero) is 1. The van der Waals surface area contributed by atoms with E-state index in [1.807, 2.05) is 5.38 Å². The zero-order valence-electron chi connectivity index (χ0n) is 16.2. The Labute approximate surface area is 190 Å². The van der Waals surface area contributed by atoms with Crippen molar-refractivity contribution in [3.63, 3.8) is 0 Å². The third-order valence-electron chi connectivity index (χ3n) is 5.08. The summed E-state index contributed by atoms with van der Waals surface area (Å²) in [7, 11) is 0. The predicted molar refractivity (Wildman–Crippen MR) is 121 cm³/mol. The van der Waals surface area contributed by atoms with Gasteiger partial charge in [0.1, 0.15) is 11.8 Å². The van der Waals surface area contributed by atoms with Crippen LogP contribution in [0.4, 0.5) is 5.69 Å². The van der Waals surface area contributed by atoms with E-state index >= 15 is 0 Å². The standard InChI is InChI=1S/C23H16BrNO5S/c1-12-7-8-15(10-16(12)23(29)30)25-19(17-9-14(24)11-31-17)18(21(27)22(25)28)20(26)13-5-3-2-4-6-13/h2-11,19,26H,1H3,(H,29,30)/b20-18+/t19-/m0/s1. The number of carboxylic acid groups (broad SMARTS) is 1. The highest BCUT2D eigenvalue weighted by molar-refractivity contribution is 9.10. The molecule has 1 aliphatic rings. The minimum atomic E-state index is -1.13. The van der Waals surface area contributed by atoms with E-state index in [2.05, 4.69) is 15.9 Å². The van der Waals surface area contributed by atoms with Gasteiger partial charge < -0.3 is 10.2 Å². The summed E-state index contributed by atoms with van der Waals surface area (Å²) in [6, 6.07) is 14.0. The Morgan fingerprint density at radius 3 is 2.39 bits per heavy atom. The van der Waals surface area contributed by atoms with E-state index < -0.39 is 23.7 Å². The number of hydrogen-bond donors (Lipinski definition) is 2. The van der Waals surface area contributed by atoms with Crippen molar-refractivity contribution in [1.29, 1.82) is 0 Å². The number of hydrogen-bond acceptors (Lipinski definition) is 5. The van der Waals surface area contributed by atoms with Crippen LogP contribution in [-0.4, -0.2) is 27.9 Å². The minimum absolute atomic E-state index is 0.0357. The van der Waals surface area contributed by atoms with Gasteiger partial charge in [0.05, 0.1) is 11.1 Å². The number of aryl methyl sites for hydroxylation is 1. The zero-order valence-corrected chi connectivity index (χ0v) is 18.6. The average molecular weight is 498 g/mol. The fourth-order valence-electron chi connectivity index (χ4n) is 3.58. The van der Waals surface area contributed by atoms with Gasteiger partial charge in [-0.1, -0.05) is 36.4 Å². The molecule has 1 aromatic heterocycles. The first-order valence-electron chi connectivity index (χ1n) is 9.24. The topological polar surface area (TPSA) is 94.9 Å². The van der Waals surface area contributed by atoms with Crippen LogP contribution in [0.5, 0.6) is 0 Å². The maximum absolute atomic E-state index is 13.1. The van der Waals surface area contributed by atoms with Crippen LogP contribution in [0.2, 0.25) is 0 Å². The van der Waals surface area contributed by atoms with Crippen molar-refractivity contribution in [3.05, 3.63) is 91.6 Å². The summed E-state index contributed by atoms with van der Waals surface area (Å²) < 4.78 is 0.771. The van der Waals surface area contributed by atoms with Crippen molar-refractivity contribution in [3.8, 4) is 0 Å². The Hall–Kier alpha value is -3.23. The van der Waals surface area contributed by atoms with Crippen molar-refractivity contribution in [2.45, 2.75) is 13.0 Å². The first-order valence-corrected chi connectivity index (χ1v) is 10.9. The number of carbonyl (C=O) groups is 3. The highest BCUT2D eigenvalue weighted by atomic mass is 79.9. The molecule has 2 aromatic carbocycles. The van der Waals surface area contributed by atoms with E-state index in [1.54, 1.807) is 55.5 Å².